The Morgan fingerprint density at radius 3 is 2.00 bits per heavy atom. The van der Waals surface area contributed by atoms with Crippen molar-refractivity contribution in [2.45, 2.75) is 0 Å². The molecule has 0 fully saturated rings. The van der Waals surface area contributed by atoms with E-state index in [1.54, 1.807) is 12.1 Å². The molecule has 0 aliphatic rings. The molecule has 0 spiro atoms. The number of halogens is 5. The molecule has 0 saturated heterocycles. The fraction of sp³-hybridized carbons (Fsp3) is 0. The second-order valence-electron chi connectivity index (χ2n) is 3.97. The number of benzene rings is 2. The molecule has 3 nitrogen and oxygen atoms in total. The normalized spacial score (nSPS) is 11.4. The average Bonchev–Trinajstić information content (AvgIpc) is 2.43. The van der Waals surface area contributed by atoms with Crippen LogP contribution in [0.3, 0.4) is 0 Å². The van der Waals surface area contributed by atoms with Gasteiger partial charge in [0.1, 0.15) is 11.0 Å². The molecule has 1 N–H and O–H groups in total. The lowest BCUT2D eigenvalue weighted by atomic mass is 10.2. The third kappa shape index (κ3) is 2.29. The highest BCUT2D eigenvalue weighted by atomic mass is 127. The van der Waals surface area contributed by atoms with Gasteiger partial charge in [0.2, 0.25) is 0 Å². The maximum absolute atomic E-state index is 10.2. The summed E-state index contributed by atoms with van der Waals surface area (Å²) < 4.78 is 2.13. The lowest BCUT2D eigenvalue weighted by Gasteiger charge is -2.09. The van der Waals surface area contributed by atoms with Gasteiger partial charge in [-0.25, -0.2) is 9.97 Å². The minimum absolute atomic E-state index is 0.0350. The molecule has 0 aliphatic carbocycles. The number of rotatable bonds is 0. The minimum Gasteiger partial charge on any atom is -0.504 e. The number of phenolic OH excluding ortho intramolecular Hbond substituents is 1. The molecule has 3 aromatic rings. The van der Waals surface area contributed by atoms with Crippen LogP contribution in [-0.2, 0) is 0 Å². The van der Waals surface area contributed by atoms with Gasteiger partial charge in [0, 0.05) is 0 Å². The first-order chi connectivity index (χ1) is 9.40. The lowest BCUT2D eigenvalue weighted by Crippen LogP contribution is -1.93. The Bertz CT molecular complexity index is 817. The Hall–Kier alpha value is 0.110. The smallest absolute Gasteiger partial charge is 0.158 e. The van der Waals surface area contributed by atoms with Gasteiger partial charge < -0.3 is 5.11 Å². The van der Waals surface area contributed by atoms with Crippen molar-refractivity contribution in [3.8, 4) is 5.75 Å². The minimum atomic E-state index is 0.0350. The van der Waals surface area contributed by atoms with E-state index >= 15 is 0 Å². The monoisotopic (exact) mass is 546 g/mol. The highest BCUT2D eigenvalue weighted by Gasteiger charge is 2.18. The Morgan fingerprint density at radius 2 is 1.45 bits per heavy atom. The predicted octanol–water partition coefficient (Wildman–Crippen LogP) is 5.93. The molecule has 3 rings (SSSR count). The van der Waals surface area contributed by atoms with E-state index in [9.17, 15) is 5.11 Å². The van der Waals surface area contributed by atoms with Crippen LogP contribution in [0.15, 0.2) is 21.1 Å². The molecule has 0 unspecified atom stereocenters. The first-order valence-electron chi connectivity index (χ1n) is 5.22. The maximum atomic E-state index is 10.2. The van der Waals surface area contributed by atoms with E-state index in [0.29, 0.717) is 36.6 Å². The zero-order chi connectivity index (χ0) is 14.6. The Labute approximate surface area is 154 Å². The molecule has 1 aromatic heterocycles. The summed E-state index contributed by atoms with van der Waals surface area (Å²) in [5.41, 5.74) is 2.21. The van der Waals surface area contributed by atoms with Crippen LogP contribution in [0.25, 0.3) is 22.1 Å². The van der Waals surface area contributed by atoms with Crippen molar-refractivity contribution < 1.29 is 5.11 Å². The molecule has 0 atom stereocenters. The van der Waals surface area contributed by atoms with Crippen molar-refractivity contribution in [2.75, 3.05) is 0 Å². The third-order valence-electron chi connectivity index (χ3n) is 2.73. The van der Waals surface area contributed by atoms with E-state index < -0.39 is 0 Å². The van der Waals surface area contributed by atoms with E-state index in [0.717, 1.165) is 8.04 Å². The van der Waals surface area contributed by atoms with E-state index in [-0.39, 0.29) is 5.75 Å². The average molecular weight is 549 g/mol. The number of fused-ring (bicyclic) bond motifs is 2. The third-order valence-corrected chi connectivity index (χ3v) is 7.34. The first-order valence-corrected chi connectivity index (χ1v) is 8.64. The van der Waals surface area contributed by atoms with Crippen LogP contribution in [0.1, 0.15) is 0 Å². The van der Waals surface area contributed by atoms with Gasteiger partial charge in [-0.3, -0.25) is 0 Å². The lowest BCUT2D eigenvalue weighted by molar-refractivity contribution is 0.476. The van der Waals surface area contributed by atoms with Crippen molar-refractivity contribution in [3.63, 3.8) is 0 Å². The van der Waals surface area contributed by atoms with Crippen LogP contribution in [0.2, 0.25) is 10.0 Å². The van der Waals surface area contributed by atoms with Crippen molar-refractivity contribution in [2.24, 2.45) is 0 Å². The molecule has 0 saturated carbocycles. The summed E-state index contributed by atoms with van der Waals surface area (Å²) in [6.45, 7) is 0. The van der Waals surface area contributed by atoms with E-state index in [1.165, 1.54) is 0 Å². The zero-order valence-corrected chi connectivity index (χ0v) is 16.2. The maximum Gasteiger partial charge on any atom is 0.158 e. The summed E-state index contributed by atoms with van der Waals surface area (Å²) in [5.74, 6) is 0.0350. The summed E-state index contributed by atoms with van der Waals surface area (Å²) >= 11 is 20.9. The van der Waals surface area contributed by atoms with Gasteiger partial charge in [0.25, 0.3) is 0 Å². The molecule has 102 valence electrons. The Morgan fingerprint density at radius 1 is 0.950 bits per heavy atom. The number of aromatic nitrogens is 2. The summed E-state index contributed by atoms with van der Waals surface area (Å²) in [4.78, 5) is 8.95. The summed E-state index contributed by atoms with van der Waals surface area (Å²) in [6, 6.07) is 3.29. The number of aromatic hydroxyl groups is 1. The molecule has 20 heavy (non-hydrogen) atoms. The van der Waals surface area contributed by atoms with E-state index in [1.807, 2.05) is 0 Å². The van der Waals surface area contributed by atoms with Crippen LogP contribution in [-0.4, -0.2) is 15.1 Å². The van der Waals surface area contributed by atoms with Crippen molar-refractivity contribution in [3.05, 3.63) is 34.7 Å². The zero-order valence-electron chi connectivity index (χ0n) is 9.39. The van der Waals surface area contributed by atoms with Gasteiger partial charge in [-0.05, 0) is 66.6 Å². The number of hydrogen-bond donors (Lipinski definition) is 1. The molecular weight excluding hydrogens is 546 g/mol. The Kier molecular flexibility index (Phi) is 4.05. The topological polar surface area (TPSA) is 46.0 Å². The van der Waals surface area contributed by atoms with E-state index in [4.69, 9.17) is 23.2 Å². The number of nitrogens with zero attached hydrogens (tertiary/aromatic N) is 2. The van der Waals surface area contributed by atoms with Gasteiger partial charge in [-0.2, -0.15) is 0 Å². The van der Waals surface area contributed by atoms with Gasteiger partial charge in [0.05, 0.1) is 33.6 Å². The molecule has 0 radical (unpaired) electrons. The molecule has 0 bridgehead atoms. The van der Waals surface area contributed by atoms with Crippen molar-refractivity contribution in [1.29, 1.82) is 0 Å². The highest BCUT2D eigenvalue weighted by Crippen LogP contribution is 2.42. The van der Waals surface area contributed by atoms with Crippen LogP contribution >= 0.6 is 77.7 Å². The standard InChI is InChI=1S/C12H3Br2Cl2IN2O/c13-7-8(14)12(20)11-10(9(7)17)18-5-1-3(15)4(16)2-6(5)19-11/h1-2,20H. The van der Waals surface area contributed by atoms with Gasteiger partial charge in [0.15, 0.2) is 5.75 Å². The summed E-state index contributed by atoms with van der Waals surface area (Å²) in [6.07, 6.45) is 0. The van der Waals surface area contributed by atoms with Crippen LogP contribution in [0.4, 0.5) is 0 Å². The summed E-state index contributed by atoms with van der Waals surface area (Å²) in [5, 5.41) is 11.0. The fourth-order valence-electron chi connectivity index (χ4n) is 1.78. The van der Waals surface area contributed by atoms with Gasteiger partial charge in [-0.1, -0.05) is 23.2 Å². The number of phenols is 1. The molecule has 0 amide bonds. The van der Waals surface area contributed by atoms with Crippen molar-refractivity contribution in [1.82, 2.24) is 9.97 Å². The molecular formula is C12H3Br2Cl2IN2O. The summed E-state index contributed by atoms with van der Waals surface area (Å²) in [7, 11) is 0. The largest absolute Gasteiger partial charge is 0.504 e. The first kappa shape index (κ1) is 15.0. The predicted molar refractivity (Wildman–Crippen MR) is 96.8 cm³/mol. The van der Waals surface area contributed by atoms with E-state index in [2.05, 4.69) is 64.4 Å². The Balaban J connectivity index is 2.54. The molecule has 1 heterocycles. The SMILES string of the molecule is Oc1c(Br)c(Br)c(I)c2nc3cc(Cl)c(Cl)cc3nc12. The second kappa shape index (κ2) is 5.39. The van der Waals surface area contributed by atoms with Crippen LogP contribution in [0.5, 0.6) is 5.75 Å². The molecule has 2 aromatic carbocycles. The fourth-order valence-corrected chi connectivity index (χ4v) is 3.87. The van der Waals surface area contributed by atoms with Crippen LogP contribution < -0.4 is 0 Å². The highest BCUT2D eigenvalue weighted by molar-refractivity contribution is 14.1. The van der Waals surface area contributed by atoms with Crippen molar-refractivity contribution >= 4 is 99.7 Å². The van der Waals surface area contributed by atoms with Gasteiger partial charge in [-0.15, -0.1) is 0 Å². The van der Waals surface area contributed by atoms with Crippen LogP contribution in [0, 0.1) is 3.57 Å². The molecule has 0 aliphatic heterocycles. The second-order valence-corrected chi connectivity index (χ2v) is 7.45. The van der Waals surface area contributed by atoms with Gasteiger partial charge >= 0.3 is 0 Å². The number of hydrogen-bond acceptors (Lipinski definition) is 3. The quantitative estimate of drug-likeness (QED) is 0.215. The molecule has 8 heteroatoms.